The molecule has 19 heavy (non-hydrogen) atoms. The highest BCUT2D eigenvalue weighted by molar-refractivity contribution is 5.86. The Morgan fingerprint density at radius 1 is 1.58 bits per heavy atom. The minimum atomic E-state index is -0.578. The summed E-state index contributed by atoms with van der Waals surface area (Å²) in [7, 11) is 3.30. The number of rotatable bonds is 4. The molecule has 1 saturated heterocycles. The quantitative estimate of drug-likeness (QED) is 0.585. The average Bonchev–Trinajstić information content (AvgIpc) is 2.70. The first-order valence-corrected chi connectivity index (χ1v) is 5.73. The summed E-state index contributed by atoms with van der Waals surface area (Å²) in [6, 6.07) is -0.483. The van der Waals surface area contributed by atoms with Crippen molar-refractivity contribution in [3.8, 4) is 0 Å². The second kappa shape index (κ2) is 5.04. The van der Waals surface area contributed by atoms with Crippen molar-refractivity contribution in [1.29, 1.82) is 0 Å². The van der Waals surface area contributed by atoms with E-state index in [9.17, 15) is 14.9 Å². The topological polar surface area (TPSA) is 113 Å². The van der Waals surface area contributed by atoms with Crippen LogP contribution in [0.1, 0.15) is 6.42 Å². The van der Waals surface area contributed by atoms with Crippen molar-refractivity contribution in [3.05, 3.63) is 16.3 Å². The van der Waals surface area contributed by atoms with E-state index >= 15 is 0 Å². The summed E-state index contributed by atoms with van der Waals surface area (Å²) in [6.45, 7) is 0.619. The van der Waals surface area contributed by atoms with E-state index in [4.69, 9.17) is 0 Å². The predicted octanol–water partition coefficient (Wildman–Crippen LogP) is 0.0691. The van der Waals surface area contributed by atoms with Crippen LogP contribution in [0.5, 0.6) is 0 Å². The van der Waals surface area contributed by atoms with Gasteiger partial charge in [0.1, 0.15) is 12.2 Å². The van der Waals surface area contributed by atoms with Gasteiger partial charge in [0.05, 0.1) is 4.92 Å². The minimum Gasteiger partial charge on any atom is -0.357 e. The third kappa shape index (κ3) is 2.54. The van der Waals surface area contributed by atoms with Gasteiger partial charge in [0.25, 0.3) is 0 Å². The van der Waals surface area contributed by atoms with Gasteiger partial charge in [-0.2, -0.15) is 4.98 Å². The molecule has 1 fully saturated rings. The van der Waals surface area contributed by atoms with Crippen LogP contribution in [0.2, 0.25) is 0 Å². The molecule has 0 aliphatic carbocycles. The van der Waals surface area contributed by atoms with Gasteiger partial charge >= 0.3 is 5.69 Å². The molecule has 1 aliphatic rings. The van der Waals surface area contributed by atoms with E-state index in [0.29, 0.717) is 13.0 Å². The van der Waals surface area contributed by atoms with Gasteiger partial charge in [0.15, 0.2) is 0 Å². The number of nitrogens with one attached hydrogen (secondary N) is 2. The van der Waals surface area contributed by atoms with Gasteiger partial charge in [-0.05, 0) is 6.42 Å². The average molecular weight is 266 g/mol. The molecule has 2 rings (SSSR count). The van der Waals surface area contributed by atoms with Gasteiger partial charge in [-0.15, -0.1) is 0 Å². The first kappa shape index (κ1) is 13.0. The van der Waals surface area contributed by atoms with Gasteiger partial charge in [-0.3, -0.25) is 14.9 Å². The highest BCUT2D eigenvalue weighted by Gasteiger charge is 2.31. The Morgan fingerprint density at radius 2 is 2.32 bits per heavy atom. The number of anilines is 2. The zero-order chi connectivity index (χ0) is 14.0. The maximum absolute atomic E-state index is 11.8. The molecular weight excluding hydrogens is 252 g/mol. The summed E-state index contributed by atoms with van der Waals surface area (Å²) in [4.78, 5) is 31.5. The summed E-state index contributed by atoms with van der Waals surface area (Å²) in [5.74, 6) is 0.212. The highest BCUT2D eigenvalue weighted by atomic mass is 16.6. The number of carbonyl (C=O) groups excluding carboxylic acids is 1. The van der Waals surface area contributed by atoms with Crippen LogP contribution in [0.15, 0.2) is 6.20 Å². The van der Waals surface area contributed by atoms with Crippen LogP contribution in [0, 0.1) is 10.1 Å². The normalized spacial score (nSPS) is 18.5. The van der Waals surface area contributed by atoms with Crippen molar-refractivity contribution in [2.24, 2.45) is 0 Å². The lowest BCUT2D eigenvalue weighted by Crippen LogP contribution is -2.31. The number of carbonyl (C=O) groups is 1. The Bertz CT molecular complexity index is 520. The smallest absolute Gasteiger partial charge is 0.329 e. The van der Waals surface area contributed by atoms with Gasteiger partial charge in [-0.1, -0.05) is 0 Å². The molecule has 1 atom stereocenters. The number of aromatic nitrogens is 2. The number of nitro groups is 1. The van der Waals surface area contributed by atoms with Crippen LogP contribution in [0.25, 0.3) is 0 Å². The molecule has 0 bridgehead atoms. The lowest BCUT2D eigenvalue weighted by Gasteiger charge is -2.13. The summed E-state index contributed by atoms with van der Waals surface area (Å²) < 4.78 is 0. The van der Waals surface area contributed by atoms with E-state index in [1.807, 2.05) is 0 Å². The van der Waals surface area contributed by atoms with Gasteiger partial charge in [0.2, 0.25) is 17.7 Å². The minimum absolute atomic E-state index is 0.0537. The summed E-state index contributed by atoms with van der Waals surface area (Å²) in [5, 5.41) is 16.4. The number of likely N-dealkylation sites (tertiary alicyclic amines) is 1. The first-order valence-electron chi connectivity index (χ1n) is 5.73. The molecule has 2 N–H and O–H groups in total. The van der Waals surface area contributed by atoms with E-state index < -0.39 is 11.0 Å². The van der Waals surface area contributed by atoms with Crippen LogP contribution < -0.4 is 10.6 Å². The van der Waals surface area contributed by atoms with Gasteiger partial charge in [0, 0.05) is 20.6 Å². The van der Waals surface area contributed by atoms with E-state index in [-0.39, 0.29) is 23.4 Å². The molecule has 0 aromatic carbocycles. The standard InChI is InChI=1S/C10H14N6O3/c1-11-10-12-5-7(16(18)19)8(14-10)13-6-3-4-15(2)9(6)17/h5-6H,3-4H2,1-2H3,(H2,11,12,13,14). The molecule has 9 heteroatoms. The number of hydrogen-bond donors (Lipinski definition) is 2. The third-order valence-electron chi connectivity index (χ3n) is 2.93. The maximum Gasteiger partial charge on any atom is 0.329 e. The number of likely N-dealkylation sites (N-methyl/N-ethyl adjacent to an activating group) is 1. The lowest BCUT2D eigenvalue weighted by atomic mass is 10.2. The van der Waals surface area contributed by atoms with Gasteiger partial charge < -0.3 is 15.5 Å². The Hall–Kier alpha value is -2.45. The first-order chi connectivity index (χ1) is 9.02. The van der Waals surface area contributed by atoms with Crippen LogP contribution >= 0.6 is 0 Å². The van der Waals surface area contributed by atoms with Crippen molar-refractivity contribution in [3.63, 3.8) is 0 Å². The van der Waals surface area contributed by atoms with Crippen molar-refractivity contribution >= 4 is 23.4 Å². The number of nitrogens with zero attached hydrogens (tertiary/aromatic N) is 4. The summed E-state index contributed by atoms with van der Waals surface area (Å²) >= 11 is 0. The molecule has 1 aromatic rings. The van der Waals surface area contributed by atoms with Gasteiger partial charge in [-0.25, -0.2) is 4.98 Å². The van der Waals surface area contributed by atoms with Crippen LogP contribution in [0.4, 0.5) is 17.5 Å². The Kier molecular flexibility index (Phi) is 3.45. The molecule has 1 aromatic heterocycles. The summed E-state index contributed by atoms with van der Waals surface area (Å²) in [6.07, 6.45) is 1.70. The second-order valence-electron chi connectivity index (χ2n) is 4.18. The fourth-order valence-corrected chi connectivity index (χ4v) is 1.86. The lowest BCUT2D eigenvalue weighted by molar-refractivity contribution is -0.384. The molecule has 0 radical (unpaired) electrons. The van der Waals surface area contributed by atoms with E-state index in [2.05, 4.69) is 20.6 Å². The molecule has 1 amide bonds. The predicted molar refractivity (Wildman–Crippen MR) is 67.9 cm³/mol. The third-order valence-corrected chi connectivity index (χ3v) is 2.93. The molecule has 102 valence electrons. The van der Waals surface area contributed by atoms with Crippen LogP contribution in [0.3, 0.4) is 0 Å². The van der Waals surface area contributed by atoms with Crippen molar-refractivity contribution in [2.75, 3.05) is 31.3 Å². The monoisotopic (exact) mass is 266 g/mol. The van der Waals surface area contributed by atoms with E-state index in [0.717, 1.165) is 6.20 Å². The fraction of sp³-hybridized carbons (Fsp3) is 0.500. The van der Waals surface area contributed by atoms with E-state index in [1.165, 1.54) is 0 Å². The second-order valence-corrected chi connectivity index (χ2v) is 4.18. The molecular formula is C10H14N6O3. The zero-order valence-corrected chi connectivity index (χ0v) is 10.6. The van der Waals surface area contributed by atoms with Crippen LogP contribution in [-0.2, 0) is 4.79 Å². The van der Waals surface area contributed by atoms with Crippen molar-refractivity contribution in [2.45, 2.75) is 12.5 Å². The molecule has 1 unspecified atom stereocenters. The highest BCUT2D eigenvalue weighted by Crippen LogP contribution is 2.24. The maximum atomic E-state index is 11.8. The van der Waals surface area contributed by atoms with Crippen molar-refractivity contribution in [1.82, 2.24) is 14.9 Å². The van der Waals surface area contributed by atoms with Crippen LogP contribution in [-0.4, -0.2) is 52.4 Å². The molecule has 2 heterocycles. The Morgan fingerprint density at radius 3 is 2.84 bits per heavy atom. The fourth-order valence-electron chi connectivity index (χ4n) is 1.86. The molecule has 0 saturated carbocycles. The van der Waals surface area contributed by atoms with Crippen molar-refractivity contribution < 1.29 is 9.72 Å². The Balaban J connectivity index is 2.27. The number of hydrogen-bond acceptors (Lipinski definition) is 7. The molecule has 9 nitrogen and oxygen atoms in total. The Labute approximate surface area is 109 Å². The molecule has 1 aliphatic heterocycles. The largest absolute Gasteiger partial charge is 0.357 e. The SMILES string of the molecule is CNc1ncc([N+](=O)[O-])c(NC2CCN(C)C2=O)n1. The molecule has 0 spiro atoms. The number of amides is 1. The summed E-state index contributed by atoms with van der Waals surface area (Å²) in [5.41, 5.74) is -0.249. The van der Waals surface area contributed by atoms with E-state index in [1.54, 1.807) is 19.0 Å². The zero-order valence-electron chi connectivity index (χ0n) is 10.6.